The van der Waals surface area contributed by atoms with Gasteiger partial charge < -0.3 is 15.3 Å². The van der Waals surface area contributed by atoms with Crippen molar-refractivity contribution in [3.05, 3.63) is 10.0 Å². The van der Waals surface area contributed by atoms with E-state index in [0.717, 1.165) is 19.4 Å². The third kappa shape index (κ3) is 2.38. The smallest absolute Gasteiger partial charge is 0.242 e. The summed E-state index contributed by atoms with van der Waals surface area (Å²) in [7, 11) is 1.63. The van der Waals surface area contributed by atoms with E-state index in [4.69, 9.17) is 16.7 Å². The molecule has 1 atom stereocenters. The van der Waals surface area contributed by atoms with Crippen molar-refractivity contribution in [2.45, 2.75) is 25.5 Å². The minimum Gasteiger partial charge on any atom is -0.391 e. The van der Waals surface area contributed by atoms with Crippen LogP contribution in [-0.4, -0.2) is 35.6 Å². The van der Waals surface area contributed by atoms with E-state index in [9.17, 15) is 4.79 Å². The Bertz CT molecular complexity index is 424. The molecule has 1 fully saturated rings. The zero-order chi connectivity index (χ0) is 12.4. The van der Waals surface area contributed by atoms with Gasteiger partial charge in [-0.3, -0.25) is 4.79 Å². The first-order valence-electron chi connectivity index (χ1n) is 5.41. The summed E-state index contributed by atoms with van der Waals surface area (Å²) in [5.41, 5.74) is 0. The maximum Gasteiger partial charge on any atom is 0.242 e. The second kappa shape index (κ2) is 5.20. The number of nitrogens with one attached hydrogen (secondary N) is 1. The summed E-state index contributed by atoms with van der Waals surface area (Å²) in [6, 6.07) is -0.172. The van der Waals surface area contributed by atoms with Gasteiger partial charge >= 0.3 is 0 Å². The summed E-state index contributed by atoms with van der Waals surface area (Å²) in [4.78, 5) is 18.5. The summed E-state index contributed by atoms with van der Waals surface area (Å²) >= 11 is 7.24. The molecule has 1 aliphatic rings. The lowest BCUT2D eigenvalue weighted by Crippen LogP contribution is -2.41. The topological polar surface area (TPSA) is 65.5 Å². The Morgan fingerprint density at radius 1 is 1.76 bits per heavy atom. The van der Waals surface area contributed by atoms with Crippen molar-refractivity contribution in [2.24, 2.45) is 0 Å². The second-order valence-electron chi connectivity index (χ2n) is 3.83. The summed E-state index contributed by atoms with van der Waals surface area (Å²) in [5, 5.41) is 12.8. The van der Waals surface area contributed by atoms with Gasteiger partial charge in [0.15, 0.2) is 5.13 Å². The highest BCUT2D eigenvalue weighted by atomic mass is 35.5. The number of nitrogens with zero attached hydrogens (tertiary/aromatic N) is 2. The van der Waals surface area contributed by atoms with Gasteiger partial charge in [0.1, 0.15) is 11.2 Å². The Morgan fingerprint density at radius 2 is 2.53 bits per heavy atom. The van der Waals surface area contributed by atoms with Crippen LogP contribution in [-0.2, 0) is 11.4 Å². The highest BCUT2D eigenvalue weighted by molar-refractivity contribution is 7.16. The average molecular weight is 276 g/mol. The molecule has 1 amide bonds. The molecule has 0 radical (unpaired) electrons. The number of thiazole rings is 1. The molecule has 2 heterocycles. The van der Waals surface area contributed by atoms with Crippen LogP contribution < -0.4 is 10.2 Å². The summed E-state index contributed by atoms with van der Waals surface area (Å²) in [5.74, 6) is -0.000582. The Balaban J connectivity index is 2.22. The molecule has 94 valence electrons. The molecular formula is C10H14ClN3O2S. The van der Waals surface area contributed by atoms with Gasteiger partial charge in [0.05, 0.1) is 11.5 Å². The lowest BCUT2D eigenvalue weighted by molar-refractivity contribution is -0.121. The number of hydrogen-bond donors (Lipinski definition) is 2. The minimum atomic E-state index is -0.172. The molecular weight excluding hydrogens is 262 g/mol. The number of hydrogen-bond acceptors (Lipinski definition) is 5. The fraction of sp³-hybridized carbons (Fsp3) is 0.600. The molecule has 1 aromatic heterocycles. The molecule has 0 spiro atoms. The van der Waals surface area contributed by atoms with E-state index in [1.165, 1.54) is 11.3 Å². The van der Waals surface area contributed by atoms with Crippen molar-refractivity contribution >= 4 is 34.0 Å². The van der Waals surface area contributed by atoms with Gasteiger partial charge in [0, 0.05) is 13.6 Å². The van der Waals surface area contributed by atoms with Gasteiger partial charge in [0.25, 0.3) is 0 Å². The number of carbonyl (C=O) groups is 1. The zero-order valence-electron chi connectivity index (χ0n) is 9.44. The molecule has 2 N–H and O–H groups in total. The average Bonchev–Trinajstić information content (AvgIpc) is 2.93. The molecule has 0 aromatic carbocycles. The first kappa shape index (κ1) is 12.6. The van der Waals surface area contributed by atoms with E-state index in [-0.39, 0.29) is 18.6 Å². The predicted molar refractivity (Wildman–Crippen MR) is 67.5 cm³/mol. The Kier molecular flexibility index (Phi) is 3.86. The molecule has 7 heteroatoms. The van der Waals surface area contributed by atoms with Gasteiger partial charge in [-0.2, -0.15) is 0 Å². The third-order valence-corrected chi connectivity index (χ3v) is 4.33. The number of amides is 1. The molecule has 1 unspecified atom stereocenters. The van der Waals surface area contributed by atoms with Crippen LogP contribution in [0, 0.1) is 0 Å². The monoisotopic (exact) mass is 275 g/mol. The number of aromatic nitrogens is 1. The number of aliphatic hydroxyl groups excluding tert-OH is 1. The first-order chi connectivity index (χ1) is 8.17. The molecule has 1 aliphatic heterocycles. The van der Waals surface area contributed by atoms with Crippen LogP contribution >= 0.6 is 22.9 Å². The van der Waals surface area contributed by atoms with E-state index in [2.05, 4.69) is 10.3 Å². The van der Waals surface area contributed by atoms with E-state index < -0.39 is 0 Å². The van der Waals surface area contributed by atoms with E-state index in [1.54, 1.807) is 7.05 Å². The maximum absolute atomic E-state index is 11.7. The largest absolute Gasteiger partial charge is 0.391 e. The summed E-state index contributed by atoms with van der Waals surface area (Å²) in [6.45, 7) is 0.682. The fourth-order valence-electron chi connectivity index (χ4n) is 1.98. The number of aliphatic hydroxyl groups is 1. The van der Waals surface area contributed by atoms with Crippen molar-refractivity contribution in [3.63, 3.8) is 0 Å². The van der Waals surface area contributed by atoms with E-state index in [0.29, 0.717) is 15.2 Å². The molecule has 17 heavy (non-hydrogen) atoms. The molecule has 1 aromatic rings. The Labute approximate surface area is 108 Å². The molecule has 5 nitrogen and oxygen atoms in total. The first-order valence-corrected chi connectivity index (χ1v) is 6.61. The van der Waals surface area contributed by atoms with Crippen molar-refractivity contribution in [2.75, 3.05) is 18.5 Å². The highest BCUT2D eigenvalue weighted by Crippen LogP contribution is 2.33. The Morgan fingerprint density at radius 3 is 3.12 bits per heavy atom. The van der Waals surface area contributed by atoms with E-state index >= 15 is 0 Å². The van der Waals surface area contributed by atoms with Crippen LogP contribution in [0.15, 0.2) is 0 Å². The van der Waals surface area contributed by atoms with Crippen LogP contribution in [0.4, 0.5) is 5.13 Å². The third-order valence-electron chi connectivity index (χ3n) is 2.83. The van der Waals surface area contributed by atoms with Crippen molar-refractivity contribution in [3.8, 4) is 0 Å². The number of likely N-dealkylation sites (N-methyl/N-ethyl adjacent to an activating group) is 1. The quantitative estimate of drug-likeness (QED) is 0.864. The van der Waals surface area contributed by atoms with Gasteiger partial charge in [-0.05, 0) is 12.8 Å². The van der Waals surface area contributed by atoms with Crippen LogP contribution in [0.3, 0.4) is 0 Å². The number of halogens is 1. The zero-order valence-corrected chi connectivity index (χ0v) is 11.0. The molecule has 0 saturated carbocycles. The molecule has 0 bridgehead atoms. The summed E-state index contributed by atoms with van der Waals surface area (Å²) in [6.07, 6.45) is 1.79. The molecule has 1 saturated heterocycles. The standard InChI is InChI=1S/C10H14ClN3O2S/c1-12-9(16)6-3-2-4-14(6)10-13-8(11)7(5-15)17-10/h6,15H,2-5H2,1H3,(H,12,16). The molecule has 2 rings (SSSR count). The van der Waals surface area contributed by atoms with Crippen molar-refractivity contribution in [1.82, 2.24) is 10.3 Å². The fourth-order valence-corrected chi connectivity index (χ4v) is 3.17. The lowest BCUT2D eigenvalue weighted by atomic mass is 10.2. The lowest BCUT2D eigenvalue weighted by Gasteiger charge is -2.22. The maximum atomic E-state index is 11.7. The van der Waals surface area contributed by atoms with Crippen LogP contribution in [0.5, 0.6) is 0 Å². The molecule has 0 aliphatic carbocycles. The van der Waals surface area contributed by atoms with Crippen LogP contribution in [0.2, 0.25) is 5.15 Å². The SMILES string of the molecule is CNC(=O)C1CCCN1c1nc(Cl)c(CO)s1. The summed E-state index contributed by atoms with van der Waals surface area (Å²) < 4.78 is 0. The number of anilines is 1. The number of carbonyl (C=O) groups excluding carboxylic acids is 1. The van der Waals surface area contributed by atoms with Crippen LogP contribution in [0.1, 0.15) is 17.7 Å². The Hall–Kier alpha value is -0.850. The van der Waals surface area contributed by atoms with Gasteiger partial charge in [-0.25, -0.2) is 4.98 Å². The highest BCUT2D eigenvalue weighted by Gasteiger charge is 2.32. The number of rotatable bonds is 3. The van der Waals surface area contributed by atoms with E-state index in [1.807, 2.05) is 4.90 Å². The van der Waals surface area contributed by atoms with Gasteiger partial charge in [-0.1, -0.05) is 22.9 Å². The van der Waals surface area contributed by atoms with Crippen molar-refractivity contribution in [1.29, 1.82) is 0 Å². The second-order valence-corrected chi connectivity index (χ2v) is 5.25. The van der Waals surface area contributed by atoms with Crippen molar-refractivity contribution < 1.29 is 9.90 Å². The van der Waals surface area contributed by atoms with Crippen LogP contribution in [0.25, 0.3) is 0 Å². The predicted octanol–water partition coefficient (Wildman–Crippen LogP) is 1.00. The van der Waals surface area contributed by atoms with Gasteiger partial charge in [0.2, 0.25) is 5.91 Å². The minimum absolute atomic E-state index is 0.000582. The van der Waals surface area contributed by atoms with Gasteiger partial charge in [-0.15, -0.1) is 0 Å². The normalized spacial score (nSPS) is 19.7.